The second kappa shape index (κ2) is 6.79. The topological polar surface area (TPSA) is 106 Å². The standard InChI is InChI=1S/C16H16N2O5S/c1-11-3-7-14(8-4-11)24(22,23)10-16(19)17-13-6-5-12(2)15(9-13)18(20)21/h3-9H,10H2,1-2H3,(H,17,19). The van der Waals surface area contributed by atoms with Gasteiger partial charge in [-0.25, -0.2) is 8.42 Å². The third-order valence-corrected chi connectivity index (χ3v) is 5.02. The number of rotatable bonds is 5. The first-order valence-electron chi connectivity index (χ1n) is 7.03. The number of hydrogen-bond acceptors (Lipinski definition) is 5. The molecule has 0 heterocycles. The van der Waals surface area contributed by atoms with E-state index in [0.717, 1.165) is 5.56 Å². The molecule has 0 saturated carbocycles. The molecule has 2 aromatic carbocycles. The monoisotopic (exact) mass is 348 g/mol. The van der Waals surface area contributed by atoms with Gasteiger partial charge in [0.2, 0.25) is 5.91 Å². The van der Waals surface area contributed by atoms with E-state index >= 15 is 0 Å². The molecule has 0 bridgehead atoms. The van der Waals surface area contributed by atoms with Crippen molar-refractivity contribution < 1.29 is 18.1 Å². The van der Waals surface area contributed by atoms with E-state index in [-0.39, 0.29) is 16.3 Å². The van der Waals surface area contributed by atoms with Crippen LogP contribution in [0.3, 0.4) is 0 Å². The highest BCUT2D eigenvalue weighted by molar-refractivity contribution is 7.92. The summed E-state index contributed by atoms with van der Waals surface area (Å²) in [6, 6.07) is 10.3. The van der Waals surface area contributed by atoms with Crippen LogP contribution in [0.15, 0.2) is 47.4 Å². The predicted molar refractivity (Wildman–Crippen MR) is 89.7 cm³/mol. The van der Waals surface area contributed by atoms with Crippen molar-refractivity contribution in [3.05, 3.63) is 63.7 Å². The smallest absolute Gasteiger partial charge is 0.274 e. The van der Waals surface area contributed by atoms with Gasteiger partial charge >= 0.3 is 0 Å². The highest BCUT2D eigenvalue weighted by Gasteiger charge is 2.20. The molecule has 1 amide bonds. The fraction of sp³-hybridized carbons (Fsp3) is 0.188. The summed E-state index contributed by atoms with van der Waals surface area (Å²) in [5, 5.41) is 13.3. The molecule has 0 aromatic heterocycles. The van der Waals surface area contributed by atoms with Crippen molar-refractivity contribution in [1.82, 2.24) is 0 Å². The first-order valence-corrected chi connectivity index (χ1v) is 8.68. The Labute approximate surface area is 139 Å². The van der Waals surface area contributed by atoms with Crippen LogP contribution in [0.25, 0.3) is 0 Å². The number of nitrogens with one attached hydrogen (secondary N) is 1. The van der Waals surface area contributed by atoms with Gasteiger partial charge in [-0.15, -0.1) is 0 Å². The maximum Gasteiger partial charge on any atom is 0.274 e. The van der Waals surface area contributed by atoms with E-state index in [1.54, 1.807) is 19.1 Å². The summed E-state index contributed by atoms with van der Waals surface area (Å²) in [6.45, 7) is 3.40. The third-order valence-electron chi connectivity index (χ3n) is 3.39. The molecule has 0 aliphatic carbocycles. The minimum atomic E-state index is -3.78. The maximum atomic E-state index is 12.2. The van der Waals surface area contributed by atoms with Crippen LogP contribution in [0.4, 0.5) is 11.4 Å². The van der Waals surface area contributed by atoms with E-state index in [1.165, 1.54) is 30.3 Å². The average Bonchev–Trinajstić information content (AvgIpc) is 2.48. The molecule has 0 aliphatic heterocycles. The molecule has 0 saturated heterocycles. The predicted octanol–water partition coefficient (Wildman–Crippen LogP) is 2.62. The number of amides is 1. The molecule has 126 valence electrons. The first kappa shape index (κ1) is 17.6. The molecule has 0 spiro atoms. The van der Waals surface area contributed by atoms with Crippen LogP contribution in [0, 0.1) is 24.0 Å². The van der Waals surface area contributed by atoms with Gasteiger partial charge in [0.25, 0.3) is 5.69 Å². The van der Waals surface area contributed by atoms with Gasteiger partial charge in [0, 0.05) is 17.3 Å². The average molecular weight is 348 g/mol. The van der Waals surface area contributed by atoms with Crippen LogP contribution in [0.1, 0.15) is 11.1 Å². The number of nitrogens with zero attached hydrogens (tertiary/aromatic N) is 1. The van der Waals surface area contributed by atoms with Crippen molar-refractivity contribution >= 4 is 27.1 Å². The van der Waals surface area contributed by atoms with Gasteiger partial charge in [0.05, 0.1) is 9.82 Å². The lowest BCUT2D eigenvalue weighted by atomic mass is 10.2. The molecular weight excluding hydrogens is 332 g/mol. The van der Waals surface area contributed by atoms with Crippen molar-refractivity contribution in [3.63, 3.8) is 0 Å². The Morgan fingerprint density at radius 1 is 1.12 bits per heavy atom. The summed E-state index contributed by atoms with van der Waals surface area (Å²) in [5.74, 6) is -1.49. The van der Waals surface area contributed by atoms with E-state index < -0.39 is 26.4 Å². The summed E-state index contributed by atoms with van der Waals surface area (Å²) in [7, 11) is -3.78. The number of anilines is 1. The number of nitro groups is 1. The quantitative estimate of drug-likeness (QED) is 0.660. The minimum Gasteiger partial charge on any atom is -0.325 e. The van der Waals surface area contributed by atoms with Crippen LogP contribution in [0.5, 0.6) is 0 Å². The highest BCUT2D eigenvalue weighted by Crippen LogP contribution is 2.22. The van der Waals surface area contributed by atoms with Gasteiger partial charge in [-0.2, -0.15) is 0 Å². The van der Waals surface area contributed by atoms with E-state index in [9.17, 15) is 23.3 Å². The molecule has 0 atom stereocenters. The zero-order chi connectivity index (χ0) is 17.9. The Balaban J connectivity index is 2.14. The zero-order valence-electron chi connectivity index (χ0n) is 13.1. The molecule has 2 rings (SSSR count). The summed E-state index contributed by atoms with van der Waals surface area (Å²) in [4.78, 5) is 22.4. The number of aryl methyl sites for hydroxylation is 2. The number of benzene rings is 2. The Hall–Kier alpha value is -2.74. The summed E-state index contributed by atoms with van der Waals surface area (Å²) >= 11 is 0. The molecule has 7 nitrogen and oxygen atoms in total. The SMILES string of the molecule is Cc1ccc(S(=O)(=O)CC(=O)Nc2ccc(C)c([N+](=O)[O-])c2)cc1. The molecule has 0 radical (unpaired) electrons. The lowest BCUT2D eigenvalue weighted by Crippen LogP contribution is -2.23. The summed E-state index contributed by atoms with van der Waals surface area (Å²) in [6.07, 6.45) is 0. The number of sulfone groups is 1. The number of carbonyl (C=O) groups is 1. The van der Waals surface area contributed by atoms with Crippen LogP contribution >= 0.6 is 0 Å². The Kier molecular flexibility index (Phi) is 4.99. The fourth-order valence-corrected chi connectivity index (χ4v) is 3.22. The molecule has 1 N–H and O–H groups in total. The van der Waals surface area contributed by atoms with Gasteiger partial charge in [-0.05, 0) is 32.0 Å². The third kappa shape index (κ3) is 4.17. The Morgan fingerprint density at radius 3 is 2.33 bits per heavy atom. The molecular formula is C16H16N2O5S. The van der Waals surface area contributed by atoms with Crippen LogP contribution in [-0.4, -0.2) is 25.0 Å². The lowest BCUT2D eigenvalue weighted by molar-refractivity contribution is -0.385. The molecule has 0 aliphatic rings. The van der Waals surface area contributed by atoms with Crippen LogP contribution in [0.2, 0.25) is 0 Å². The number of nitro benzene ring substituents is 1. The van der Waals surface area contributed by atoms with E-state index in [0.29, 0.717) is 5.56 Å². The van der Waals surface area contributed by atoms with Crippen LogP contribution in [-0.2, 0) is 14.6 Å². The Morgan fingerprint density at radius 2 is 1.75 bits per heavy atom. The van der Waals surface area contributed by atoms with Crippen LogP contribution < -0.4 is 5.32 Å². The van der Waals surface area contributed by atoms with Gasteiger partial charge in [0.1, 0.15) is 5.75 Å². The molecule has 0 fully saturated rings. The van der Waals surface area contributed by atoms with Gasteiger partial charge < -0.3 is 5.32 Å². The van der Waals surface area contributed by atoms with Crippen molar-refractivity contribution in [2.24, 2.45) is 0 Å². The molecule has 0 unspecified atom stereocenters. The minimum absolute atomic E-state index is 0.0538. The van der Waals surface area contributed by atoms with E-state index in [2.05, 4.69) is 5.32 Å². The first-order chi connectivity index (χ1) is 11.2. The largest absolute Gasteiger partial charge is 0.325 e. The molecule has 8 heteroatoms. The van der Waals surface area contributed by atoms with Crippen molar-refractivity contribution in [1.29, 1.82) is 0 Å². The Bertz CT molecular complexity index is 889. The van der Waals surface area contributed by atoms with Crippen molar-refractivity contribution in [3.8, 4) is 0 Å². The number of carbonyl (C=O) groups excluding carboxylic acids is 1. The van der Waals surface area contributed by atoms with E-state index in [1.807, 2.05) is 6.92 Å². The molecule has 24 heavy (non-hydrogen) atoms. The lowest BCUT2D eigenvalue weighted by Gasteiger charge is -2.07. The second-order valence-corrected chi connectivity index (χ2v) is 7.37. The van der Waals surface area contributed by atoms with Crippen molar-refractivity contribution in [2.45, 2.75) is 18.7 Å². The molecule has 2 aromatic rings. The second-order valence-electron chi connectivity index (χ2n) is 5.38. The van der Waals surface area contributed by atoms with E-state index in [4.69, 9.17) is 0 Å². The summed E-state index contributed by atoms with van der Waals surface area (Å²) < 4.78 is 24.4. The summed E-state index contributed by atoms with van der Waals surface area (Å²) in [5.41, 5.74) is 1.39. The normalized spacial score (nSPS) is 11.1. The highest BCUT2D eigenvalue weighted by atomic mass is 32.2. The number of hydrogen-bond donors (Lipinski definition) is 1. The van der Waals surface area contributed by atoms with Gasteiger partial charge in [0.15, 0.2) is 9.84 Å². The maximum absolute atomic E-state index is 12.2. The van der Waals surface area contributed by atoms with Gasteiger partial charge in [-0.3, -0.25) is 14.9 Å². The zero-order valence-corrected chi connectivity index (χ0v) is 14.0. The van der Waals surface area contributed by atoms with Crippen molar-refractivity contribution in [2.75, 3.05) is 11.1 Å². The fourth-order valence-electron chi connectivity index (χ4n) is 2.08. The van der Waals surface area contributed by atoms with Gasteiger partial charge in [-0.1, -0.05) is 23.8 Å².